The second-order valence-corrected chi connectivity index (χ2v) is 7.70. The van der Waals surface area contributed by atoms with Crippen LogP contribution in [0.4, 0.5) is 4.79 Å². The van der Waals surface area contributed by atoms with E-state index < -0.39 is 0 Å². The Balaban J connectivity index is 1.52. The summed E-state index contributed by atoms with van der Waals surface area (Å²) in [6.45, 7) is 6.93. The Morgan fingerprint density at radius 2 is 1.90 bits per heavy atom. The van der Waals surface area contributed by atoms with Crippen LogP contribution in [0.2, 0.25) is 0 Å². The molecule has 0 atom stereocenters. The number of hydrogen-bond donors (Lipinski definition) is 1. The summed E-state index contributed by atoms with van der Waals surface area (Å²) in [6.07, 6.45) is 1.45. The van der Waals surface area contributed by atoms with Gasteiger partial charge in [0.1, 0.15) is 11.5 Å². The van der Waals surface area contributed by atoms with Gasteiger partial charge in [0.25, 0.3) is 0 Å². The normalized spacial score (nSPS) is 17.5. The number of allylic oxidation sites excluding steroid dienone is 1. The topological polar surface area (TPSA) is 79.3 Å². The molecule has 0 aliphatic carbocycles. The molecule has 7 heteroatoms. The number of carbonyl (C=O) groups excluding carboxylic acids is 2. The van der Waals surface area contributed by atoms with E-state index in [1.54, 1.807) is 30.0 Å². The first-order chi connectivity index (χ1) is 15.0. The van der Waals surface area contributed by atoms with Crippen molar-refractivity contribution in [1.29, 1.82) is 0 Å². The molecule has 2 aliphatic rings. The van der Waals surface area contributed by atoms with Gasteiger partial charge < -0.3 is 19.5 Å². The first-order valence-electron chi connectivity index (χ1n) is 10.5. The quantitative estimate of drug-likeness (QED) is 0.759. The predicted octanol–water partition coefficient (Wildman–Crippen LogP) is 3.59. The van der Waals surface area contributed by atoms with Crippen LogP contribution in [0.3, 0.4) is 0 Å². The molecular formula is C24H26N2O5. The number of aryl methyl sites for hydroxylation is 1. The minimum absolute atomic E-state index is 0.0940. The molecule has 2 aromatic carbocycles. The lowest BCUT2D eigenvalue weighted by molar-refractivity contribution is 0.0774. The zero-order chi connectivity index (χ0) is 22.0. The molecule has 4 rings (SSSR count). The van der Waals surface area contributed by atoms with Crippen LogP contribution in [-0.4, -0.2) is 59.6 Å². The highest BCUT2D eigenvalue weighted by Crippen LogP contribution is 2.40. The van der Waals surface area contributed by atoms with E-state index in [-0.39, 0.29) is 23.4 Å². The number of benzene rings is 2. The highest BCUT2D eigenvalue weighted by molar-refractivity contribution is 6.15. The maximum atomic E-state index is 12.9. The molecule has 0 aromatic heterocycles. The summed E-state index contributed by atoms with van der Waals surface area (Å²) in [7, 11) is 0. The van der Waals surface area contributed by atoms with Crippen molar-refractivity contribution in [1.82, 2.24) is 9.80 Å². The van der Waals surface area contributed by atoms with E-state index in [4.69, 9.17) is 9.47 Å². The summed E-state index contributed by atoms with van der Waals surface area (Å²) in [5.41, 5.74) is 3.01. The average Bonchev–Trinajstić information content (AvgIpc) is 3.08. The van der Waals surface area contributed by atoms with Gasteiger partial charge in [-0.2, -0.15) is 0 Å². The molecule has 1 fully saturated rings. The van der Waals surface area contributed by atoms with Crippen molar-refractivity contribution in [2.24, 2.45) is 0 Å². The molecule has 1 saturated heterocycles. The molecule has 1 amide bonds. The van der Waals surface area contributed by atoms with Crippen molar-refractivity contribution in [2.45, 2.75) is 20.4 Å². The Hall–Kier alpha value is -3.32. The molecule has 0 saturated carbocycles. The second kappa shape index (κ2) is 8.81. The molecule has 0 bridgehead atoms. The van der Waals surface area contributed by atoms with E-state index in [1.807, 2.05) is 31.2 Å². The fourth-order valence-corrected chi connectivity index (χ4v) is 3.87. The minimum Gasteiger partial charge on any atom is -0.507 e. The lowest BCUT2D eigenvalue weighted by atomic mass is 10.0. The molecule has 7 nitrogen and oxygen atoms in total. The lowest BCUT2D eigenvalue weighted by Crippen LogP contribution is -2.48. The largest absolute Gasteiger partial charge is 0.507 e. The van der Waals surface area contributed by atoms with E-state index in [9.17, 15) is 14.7 Å². The van der Waals surface area contributed by atoms with Gasteiger partial charge in [-0.25, -0.2) is 4.79 Å². The summed E-state index contributed by atoms with van der Waals surface area (Å²) >= 11 is 0. The highest BCUT2D eigenvalue weighted by Gasteiger charge is 2.32. The van der Waals surface area contributed by atoms with E-state index in [1.165, 1.54) is 0 Å². The van der Waals surface area contributed by atoms with Crippen molar-refractivity contribution in [3.8, 4) is 11.5 Å². The molecule has 2 aliphatic heterocycles. The Labute approximate surface area is 181 Å². The van der Waals surface area contributed by atoms with Crippen molar-refractivity contribution >= 4 is 18.0 Å². The number of piperazine rings is 1. The predicted molar refractivity (Wildman–Crippen MR) is 116 cm³/mol. The Kier molecular flexibility index (Phi) is 5.95. The van der Waals surface area contributed by atoms with Gasteiger partial charge in [0.2, 0.25) is 5.78 Å². The van der Waals surface area contributed by atoms with E-state index in [0.717, 1.165) is 11.1 Å². The number of ether oxygens (including phenoxy) is 2. The van der Waals surface area contributed by atoms with Gasteiger partial charge in [-0.15, -0.1) is 0 Å². The average molecular weight is 422 g/mol. The van der Waals surface area contributed by atoms with Crippen molar-refractivity contribution < 1.29 is 24.2 Å². The zero-order valence-electron chi connectivity index (χ0n) is 17.8. The molecule has 2 aromatic rings. The standard InChI is InChI=1S/C24H26N2O5/c1-3-30-24(29)26-12-10-25(11-13-26)15-19-20(27)9-8-18-22(28)21(31-23(18)19)14-17-7-5-4-6-16(17)2/h4-9,14,27H,3,10-13,15H2,1-2H3/b21-14+. The first-order valence-corrected chi connectivity index (χ1v) is 10.5. The van der Waals surface area contributed by atoms with Gasteiger partial charge in [-0.05, 0) is 43.2 Å². The van der Waals surface area contributed by atoms with Crippen LogP contribution in [-0.2, 0) is 11.3 Å². The van der Waals surface area contributed by atoms with Gasteiger partial charge in [0.05, 0.1) is 17.7 Å². The summed E-state index contributed by atoms with van der Waals surface area (Å²) < 4.78 is 11.0. The third kappa shape index (κ3) is 4.27. The summed E-state index contributed by atoms with van der Waals surface area (Å²) in [5, 5.41) is 10.5. The number of carbonyl (C=O) groups is 2. The zero-order valence-corrected chi connectivity index (χ0v) is 17.8. The number of phenols is 1. The third-order valence-corrected chi connectivity index (χ3v) is 5.67. The number of aromatic hydroxyl groups is 1. The first kappa shape index (κ1) is 20.9. The lowest BCUT2D eigenvalue weighted by Gasteiger charge is -2.34. The maximum absolute atomic E-state index is 12.9. The maximum Gasteiger partial charge on any atom is 0.409 e. The number of hydrogen-bond acceptors (Lipinski definition) is 6. The number of phenolic OH excluding ortho intramolecular Hbond substituents is 1. The number of rotatable bonds is 4. The smallest absolute Gasteiger partial charge is 0.409 e. The Morgan fingerprint density at radius 3 is 2.61 bits per heavy atom. The van der Waals surface area contributed by atoms with Crippen LogP contribution in [0.1, 0.15) is 34.0 Å². The molecule has 1 N–H and O–H groups in total. The van der Waals surface area contributed by atoms with Gasteiger partial charge in [0.15, 0.2) is 5.76 Å². The molecular weight excluding hydrogens is 396 g/mol. The fourth-order valence-electron chi connectivity index (χ4n) is 3.87. The molecule has 0 unspecified atom stereocenters. The molecule has 0 radical (unpaired) electrons. The van der Waals surface area contributed by atoms with Crippen LogP contribution in [0, 0.1) is 6.92 Å². The number of fused-ring (bicyclic) bond motifs is 1. The molecule has 0 spiro atoms. The van der Waals surface area contributed by atoms with Crippen molar-refractivity contribution in [3.05, 3.63) is 64.4 Å². The van der Waals surface area contributed by atoms with Crippen LogP contribution in [0.25, 0.3) is 6.08 Å². The Bertz CT molecular complexity index is 1040. The fraction of sp³-hybridized carbons (Fsp3) is 0.333. The van der Waals surface area contributed by atoms with Gasteiger partial charge in [-0.1, -0.05) is 24.3 Å². The second-order valence-electron chi connectivity index (χ2n) is 7.70. The van der Waals surface area contributed by atoms with Crippen molar-refractivity contribution in [2.75, 3.05) is 32.8 Å². The molecule has 2 heterocycles. The summed E-state index contributed by atoms with van der Waals surface area (Å²) in [5.74, 6) is 0.573. The van der Waals surface area contributed by atoms with Crippen molar-refractivity contribution in [3.63, 3.8) is 0 Å². The molecule has 162 valence electrons. The number of nitrogens with zero attached hydrogens (tertiary/aromatic N) is 2. The van der Waals surface area contributed by atoms with E-state index in [0.29, 0.717) is 56.2 Å². The third-order valence-electron chi connectivity index (χ3n) is 5.67. The van der Waals surface area contributed by atoms with Crippen LogP contribution in [0.5, 0.6) is 11.5 Å². The minimum atomic E-state index is -0.300. The van der Waals surface area contributed by atoms with Crippen LogP contribution >= 0.6 is 0 Å². The highest BCUT2D eigenvalue weighted by atomic mass is 16.6. The van der Waals surface area contributed by atoms with Gasteiger partial charge in [0, 0.05) is 32.7 Å². The van der Waals surface area contributed by atoms with E-state index >= 15 is 0 Å². The summed E-state index contributed by atoms with van der Waals surface area (Å²) in [4.78, 5) is 28.6. The van der Waals surface area contributed by atoms with Gasteiger partial charge >= 0.3 is 6.09 Å². The van der Waals surface area contributed by atoms with Gasteiger partial charge in [-0.3, -0.25) is 9.69 Å². The SMILES string of the molecule is CCOC(=O)N1CCN(Cc2c(O)ccc3c2O/C(=C/c2ccccc2C)C3=O)CC1. The Morgan fingerprint density at radius 1 is 1.16 bits per heavy atom. The summed E-state index contributed by atoms with van der Waals surface area (Å²) in [6, 6.07) is 10.9. The van der Waals surface area contributed by atoms with E-state index in [2.05, 4.69) is 4.90 Å². The number of Topliss-reactive ketones (excluding diaryl/α,β-unsaturated/α-hetero) is 1. The molecule has 31 heavy (non-hydrogen) atoms. The monoisotopic (exact) mass is 422 g/mol. The number of amides is 1. The van der Waals surface area contributed by atoms with Crippen LogP contribution < -0.4 is 4.74 Å². The number of ketones is 1. The van der Waals surface area contributed by atoms with Crippen LogP contribution in [0.15, 0.2) is 42.2 Å².